The van der Waals surface area contributed by atoms with E-state index in [0.29, 0.717) is 5.82 Å². The van der Waals surface area contributed by atoms with E-state index >= 15 is 0 Å². The van der Waals surface area contributed by atoms with Gasteiger partial charge in [-0.3, -0.25) is 14.2 Å². The second-order valence-corrected chi connectivity index (χ2v) is 5.11. The van der Waals surface area contributed by atoms with E-state index in [4.69, 9.17) is 11.6 Å². The Morgan fingerprint density at radius 1 is 1.41 bits per heavy atom. The van der Waals surface area contributed by atoms with Gasteiger partial charge >= 0.3 is 6.18 Å². The van der Waals surface area contributed by atoms with Crippen molar-refractivity contribution in [2.75, 3.05) is 5.32 Å². The number of carbonyl (C=O) groups excluding carboxylic acids is 1. The topological polar surface area (TPSA) is 64.7 Å². The molecule has 6 nitrogen and oxygen atoms in total. The number of alkyl halides is 3. The van der Waals surface area contributed by atoms with Gasteiger partial charge in [0.05, 0.1) is 10.7 Å². The predicted molar refractivity (Wildman–Crippen MR) is 73.5 cm³/mol. The monoisotopic (exact) mass is 335 g/mol. The second kappa shape index (κ2) is 5.64. The molecule has 2 rings (SSSR count). The minimum Gasteiger partial charge on any atom is -0.307 e. The van der Waals surface area contributed by atoms with Crippen molar-refractivity contribution >= 4 is 23.3 Å². The van der Waals surface area contributed by atoms with Crippen molar-refractivity contribution in [3.8, 4) is 0 Å². The summed E-state index contributed by atoms with van der Waals surface area (Å²) >= 11 is 5.66. The van der Waals surface area contributed by atoms with E-state index in [0.717, 1.165) is 4.68 Å². The lowest BCUT2D eigenvalue weighted by molar-refractivity contribution is -0.141. The fourth-order valence-electron chi connectivity index (χ4n) is 1.88. The first kappa shape index (κ1) is 16.3. The first-order valence-electron chi connectivity index (χ1n) is 6.23. The van der Waals surface area contributed by atoms with Crippen molar-refractivity contribution in [3.05, 3.63) is 28.7 Å². The predicted octanol–water partition coefficient (Wildman–Crippen LogP) is 2.80. The summed E-state index contributed by atoms with van der Waals surface area (Å²) in [4.78, 5) is 12.1. The van der Waals surface area contributed by atoms with Gasteiger partial charge in [-0.1, -0.05) is 11.6 Å². The molecule has 0 saturated heterocycles. The molecule has 1 unspecified atom stereocenters. The van der Waals surface area contributed by atoms with E-state index in [1.54, 1.807) is 19.3 Å². The van der Waals surface area contributed by atoms with Crippen LogP contribution >= 0.6 is 11.6 Å². The van der Waals surface area contributed by atoms with Gasteiger partial charge in [-0.15, -0.1) is 0 Å². The molecule has 2 aromatic rings. The number of nitrogens with zero attached hydrogens (tertiary/aromatic N) is 4. The molecular formula is C12H13ClF3N5O. The van der Waals surface area contributed by atoms with Crippen LogP contribution in [0.4, 0.5) is 19.0 Å². The molecule has 0 saturated carbocycles. The van der Waals surface area contributed by atoms with Gasteiger partial charge in [0.25, 0.3) is 0 Å². The zero-order valence-corrected chi connectivity index (χ0v) is 12.7. The molecule has 0 fully saturated rings. The lowest BCUT2D eigenvalue weighted by Gasteiger charge is -2.13. The number of nitrogens with one attached hydrogen (secondary N) is 1. The molecule has 0 bridgehead atoms. The summed E-state index contributed by atoms with van der Waals surface area (Å²) in [5, 5.41) is 9.37. The lowest BCUT2D eigenvalue weighted by atomic mass is 10.3. The zero-order valence-electron chi connectivity index (χ0n) is 11.9. The summed E-state index contributed by atoms with van der Waals surface area (Å²) in [7, 11) is 1.67. The van der Waals surface area contributed by atoms with Crippen LogP contribution in [0.15, 0.2) is 12.3 Å². The number of amides is 1. The molecule has 0 aromatic carbocycles. The third-order valence-electron chi connectivity index (χ3n) is 3.06. The van der Waals surface area contributed by atoms with Gasteiger partial charge in [0, 0.05) is 19.3 Å². The summed E-state index contributed by atoms with van der Waals surface area (Å²) in [6.07, 6.45) is -3.05. The molecule has 1 amide bonds. The van der Waals surface area contributed by atoms with Crippen LogP contribution in [0.25, 0.3) is 0 Å². The zero-order chi connectivity index (χ0) is 16.7. The van der Waals surface area contributed by atoms with Gasteiger partial charge in [-0.2, -0.15) is 23.4 Å². The maximum absolute atomic E-state index is 12.8. The van der Waals surface area contributed by atoms with Gasteiger partial charge in [0.2, 0.25) is 5.91 Å². The molecule has 2 heterocycles. The van der Waals surface area contributed by atoms with E-state index in [9.17, 15) is 18.0 Å². The highest BCUT2D eigenvalue weighted by Crippen LogP contribution is 2.36. The molecule has 10 heteroatoms. The molecular weight excluding hydrogens is 323 g/mol. The highest BCUT2D eigenvalue weighted by molar-refractivity contribution is 6.32. The number of rotatable bonds is 3. The molecule has 0 aliphatic heterocycles. The van der Waals surface area contributed by atoms with Crippen molar-refractivity contribution in [3.63, 3.8) is 0 Å². The van der Waals surface area contributed by atoms with Crippen LogP contribution in [0.5, 0.6) is 0 Å². The number of hydrogen-bond acceptors (Lipinski definition) is 3. The maximum atomic E-state index is 12.8. The van der Waals surface area contributed by atoms with Crippen molar-refractivity contribution in [2.45, 2.75) is 26.1 Å². The Hall–Kier alpha value is -2.03. The average molecular weight is 336 g/mol. The van der Waals surface area contributed by atoms with Gasteiger partial charge in [0.15, 0.2) is 11.5 Å². The molecule has 120 valence electrons. The Labute approximate surface area is 128 Å². The second-order valence-electron chi connectivity index (χ2n) is 4.73. The van der Waals surface area contributed by atoms with E-state index in [1.807, 2.05) is 0 Å². The van der Waals surface area contributed by atoms with Crippen molar-refractivity contribution in [2.24, 2.45) is 7.05 Å². The van der Waals surface area contributed by atoms with Crippen molar-refractivity contribution in [1.29, 1.82) is 0 Å². The molecule has 1 N–H and O–H groups in total. The van der Waals surface area contributed by atoms with E-state index < -0.39 is 28.8 Å². The summed E-state index contributed by atoms with van der Waals surface area (Å²) in [6.45, 7) is 2.80. The largest absolute Gasteiger partial charge is 0.436 e. The minimum absolute atomic E-state index is 0.0673. The van der Waals surface area contributed by atoms with E-state index in [-0.39, 0.29) is 5.69 Å². The molecule has 2 aromatic heterocycles. The van der Waals surface area contributed by atoms with Crippen LogP contribution in [0.2, 0.25) is 5.02 Å². The first-order chi connectivity index (χ1) is 10.1. The normalized spacial score (nSPS) is 13.2. The Balaban J connectivity index is 2.25. The number of halogens is 4. The Morgan fingerprint density at radius 2 is 2.05 bits per heavy atom. The molecule has 0 radical (unpaired) electrons. The van der Waals surface area contributed by atoms with Crippen LogP contribution < -0.4 is 5.32 Å². The van der Waals surface area contributed by atoms with Crippen LogP contribution in [0.1, 0.15) is 24.4 Å². The number of hydrogen-bond donors (Lipinski definition) is 1. The van der Waals surface area contributed by atoms with Crippen LogP contribution in [-0.4, -0.2) is 25.5 Å². The Bertz CT molecular complexity index is 706. The van der Waals surface area contributed by atoms with Gasteiger partial charge in [-0.25, -0.2) is 0 Å². The van der Waals surface area contributed by atoms with Crippen LogP contribution in [-0.2, 0) is 18.0 Å². The molecule has 0 spiro atoms. The molecule has 1 atom stereocenters. The fourth-order valence-corrected chi connectivity index (χ4v) is 2.11. The van der Waals surface area contributed by atoms with Crippen LogP contribution in [0.3, 0.4) is 0 Å². The fraction of sp³-hybridized carbons (Fsp3) is 0.417. The smallest absolute Gasteiger partial charge is 0.307 e. The number of aryl methyl sites for hydroxylation is 1. The van der Waals surface area contributed by atoms with Crippen LogP contribution in [0, 0.1) is 6.92 Å². The third kappa shape index (κ3) is 3.08. The average Bonchev–Trinajstić information content (AvgIpc) is 2.93. The summed E-state index contributed by atoms with van der Waals surface area (Å²) < 4.78 is 40.8. The highest BCUT2D eigenvalue weighted by atomic mass is 35.5. The van der Waals surface area contributed by atoms with Crippen molar-refractivity contribution in [1.82, 2.24) is 19.6 Å². The minimum atomic E-state index is -4.68. The maximum Gasteiger partial charge on any atom is 0.436 e. The number of anilines is 1. The van der Waals surface area contributed by atoms with Gasteiger partial charge in [-0.05, 0) is 13.8 Å². The number of aromatic nitrogens is 4. The van der Waals surface area contributed by atoms with E-state index in [1.165, 1.54) is 18.5 Å². The highest BCUT2D eigenvalue weighted by Gasteiger charge is 2.39. The summed E-state index contributed by atoms with van der Waals surface area (Å²) in [6, 6.07) is 0.588. The molecule has 0 aliphatic carbocycles. The van der Waals surface area contributed by atoms with Gasteiger partial charge in [0.1, 0.15) is 6.04 Å². The Morgan fingerprint density at radius 3 is 2.50 bits per heavy atom. The first-order valence-corrected chi connectivity index (χ1v) is 6.61. The SMILES string of the molecule is Cc1c(Cl)c(C(F)(F)F)nn1C(C)C(=O)Nc1ccn(C)n1. The molecule has 22 heavy (non-hydrogen) atoms. The summed E-state index contributed by atoms with van der Waals surface area (Å²) in [5.41, 5.74) is -1.14. The molecule has 0 aliphatic rings. The lowest BCUT2D eigenvalue weighted by Crippen LogP contribution is -2.25. The summed E-state index contributed by atoms with van der Waals surface area (Å²) in [5.74, 6) is -0.249. The third-order valence-corrected chi connectivity index (χ3v) is 3.51. The van der Waals surface area contributed by atoms with E-state index in [2.05, 4.69) is 15.5 Å². The van der Waals surface area contributed by atoms with Gasteiger partial charge < -0.3 is 5.32 Å². The van der Waals surface area contributed by atoms with Crippen molar-refractivity contribution < 1.29 is 18.0 Å². The Kier molecular flexibility index (Phi) is 4.19. The quantitative estimate of drug-likeness (QED) is 0.938. The standard InChI is InChI=1S/C12H13ClF3N5O/c1-6-9(13)10(12(14,15)16)19-21(6)7(2)11(22)17-8-4-5-20(3)18-8/h4-5,7H,1-3H3,(H,17,18,22). The number of carbonyl (C=O) groups is 1.